The molecule has 0 aromatic rings. The Morgan fingerprint density at radius 1 is 0.442 bits per heavy atom. The summed E-state index contributed by atoms with van der Waals surface area (Å²) < 4.78 is 23.6. The minimum Gasteiger partial charge on any atom is -0.390 e. The van der Waals surface area contributed by atoms with E-state index in [0.717, 1.165) is 32.1 Å². The summed E-state index contributed by atoms with van der Waals surface area (Å²) in [7, 11) is 1.43. The van der Waals surface area contributed by atoms with E-state index in [1.165, 1.54) is 276 Å². The zero-order valence-corrected chi connectivity index (χ0v) is 53.0. The van der Waals surface area contributed by atoms with Crippen LogP contribution in [0.15, 0.2) is 24.3 Å². The van der Waals surface area contributed by atoms with E-state index in [-0.39, 0.29) is 12.5 Å². The van der Waals surface area contributed by atoms with Gasteiger partial charge >= 0.3 is 7.82 Å². The third kappa shape index (κ3) is 59.4. The second-order valence-electron chi connectivity index (χ2n) is 24.7. The van der Waals surface area contributed by atoms with Crippen LogP contribution in [-0.2, 0) is 18.4 Å². The second-order valence-corrected chi connectivity index (χ2v) is 26.1. The molecule has 4 atom stereocenters. The molecule has 0 aliphatic heterocycles. The molecule has 0 spiro atoms. The van der Waals surface area contributed by atoms with Crippen LogP contribution in [0.4, 0.5) is 0 Å². The highest BCUT2D eigenvalue weighted by molar-refractivity contribution is 7.47. The van der Waals surface area contributed by atoms with E-state index >= 15 is 0 Å². The molecule has 0 saturated carbocycles. The summed E-state index contributed by atoms with van der Waals surface area (Å²) in [4.78, 5) is 23.3. The van der Waals surface area contributed by atoms with Gasteiger partial charge in [0.2, 0.25) is 5.91 Å². The third-order valence-electron chi connectivity index (χ3n) is 15.8. The van der Waals surface area contributed by atoms with E-state index in [1.807, 2.05) is 21.1 Å². The molecule has 458 valence electrons. The number of aliphatic hydroxyl groups is 2. The Morgan fingerprint density at radius 3 is 1.04 bits per heavy atom. The lowest BCUT2D eigenvalue weighted by atomic mass is 10.0. The van der Waals surface area contributed by atoms with Gasteiger partial charge in [-0.05, 0) is 64.2 Å². The molecule has 0 heterocycles. The number of hydrogen-bond donors (Lipinski definition) is 4. The van der Waals surface area contributed by atoms with Crippen LogP contribution < -0.4 is 5.32 Å². The Morgan fingerprint density at radius 2 is 0.727 bits per heavy atom. The molecular weight excluding hydrogens is 976 g/mol. The van der Waals surface area contributed by atoms with Gasteiger partial charge in [0, 0.05) is 6.42 Å². The minimum atomic E-state index is -4.43. The summed E-state index contributed by atoms with van der Waals surface area (Å²) in [6, 6.07) is -1.05. The smallest absolute Gasteiger partial charge is 0.390 e. The SMILES string of the molecule is CCCCCCCCC/C=C/CCCC(O)C(O)C(COP(=O)(O)OCC[N+](C)(C)C)NC(=O)CCCCCCCCCCCCCCCCCCCCCCCCCCCCCCC/C=C\CCCCCCCCCC. The van der Waals surface area contributed by atoms with E-state index in [1.54, 1.807) is 0 Å². The van der Waals surface area contributed by atoms with Crippen molar-refractivity contribution in [3.8, 4) is 0 Å². The summed E-state index contributed by atoms with van der Waals surface area (Å²) in [5.41, 5.74) is 0. The van der Waals surface area contributed by atoms with Crippen molar-refractivity contribution in [1.82, 2.24) is 5.32 Å². The third-order valence-corrected chi connectivity index (χ3v) is 16.7. The van der Waals surface area contributed by atoms with Gasteiger partial charge in [-0.3, -0.25) is 13.8 Å². The molecule has 0 radical (unpaired) electrons. The number of nitrogens with zero attached hydrogens (tertiary/aromatic N) is 1. The largest absolute Gasteiger partial charge is 0.472 e. The molecule has 4 N–H and O–H groups in total. The van der Waals surface area contributed by atoms with Crippen molar-refractivity contribution in [1.29, 1.82) is 0 Å². The standard InChI is InChI=1S/C67H133N2O7P/c1-6-8-10-12-14-16-18-20-21-22-23-24-25-26-27-28-29-30-31-32-33-34-35-36-37-38-39-40-41-42-43-44-45-46-47-48-50-52-54-56-58-60-66(71)68-64(63-76-77(73,74)75-62-61-69(3,4)5)67(72)65(70)59-57-55-53-51-49-19-17-15-13-11-9-7-2/h22-23,51,53,64-65,67,70,72H,6-21,24-50,52,54-63H2,1-5H3,(H-,68,71,73,74)/p+1/b23-22-,53-51+. The number of allylic oxidation sites excluding steroid dienone is 4. The average molecular weight is 1110 g/mol. The maximum atomic E-state index is 13.0. The normalized spacial score (nSPS) is 14.2. The molecule has 0 fully saturated rings. The van der Waals surface area contributed by atoms with Crippen LogP contribution >= 0.6 is 7.82 Å². The Labute approximate surface area is 479 Å². The Kier molecular flexibility index (Phi) is 57.3. The second kappa shape index (κ2) is 58.1. The number of quaternary nitrogens is 1. The fraction of sp³-hybridized carbons (Fsp3) is 0.925. The summed E-state index contributed by atoms with van der Waals surface area (Å²) in [5.74, 6) is -0.261. The van der Waals surface area contributed by atoms with Crippen molar-refractivity contribution in [2.45, 2.75) is 360 Å². The molecule has 0 aromatic heterocycles. The number of rotatable bonds is 63. The first kappa shape index (κ1) is 75.9. The zero-order chi connectivity index (χ0) is 56.4. The number of carbonyl (C=O) groups is 1. The average Bonchev–Trinajstić information content (AvgIpc) is 3.39. The number of phosphoric ester groups is 1. The molecule has 0 saturated heterocycles. The summed E-state index contributed by atoms with van der Waals surface area (Å²) in [6.07, 6.45) is 71.9. The van der Waals surface area contributed by atoms with Crippen LogP contribution in [-0.4, -0.2) is 84.6 Å². The summed E-state index contributed by atoms with van der Waals surface area (Å²) >= 11 is 0. The molecule has 0 rings (SSSR count). The van der Waals surface area contributed by atoms with Crippen molar-refractivity contribution < 1.29 is 38.0 Å². The van der Waals surface area contributed by atoms with Gasteiger partial charge in [0.05, 0.1) is 39.9 Å². The number of amides is 1. The van der Waals surface area contributed by atoms with Crippen LogP contribution in [0.3, 0.4) is 0 Å². The lowest BCUT2D eigenvalue weighted by molar-refractivity contribution is -0.870. The number of aliphatic hydroxyl groups excluding tert-OH is 2. The highest BCUT2D eigenvalue weighted by Crippen LogP contribution is 2.43. The minimum absolute atomic E-state index is 0.0190. The number of likely N-dealkylation sites (N-methyl/N-ethyl adjacent to an activating group) is 1. The molecule has 4 unspecified atom stereocenters. The molecule has 1 amide bonds. The van der Waals surface area contributed by atoms with Crippen LogP contribution in [0.25, 0.3) is 0 Å². The van der Waals surface area contributed by atoms with Crippen molar-refractivity contribution in [3.63, 3.8) is 0 Å². The van der Waals surface area contributed by atoms with Crippen LogP contribution in [0.2, 0.25) is 0 Å². The maximum Gasteiger partial charge on any atom is 0.472 e. The van der Waals surface area contributed by atoms with E-state index in [0.29, 0.717) is 30.3 Å². The molecule has 0 aliphatic rings. The number of unbranched alkanes of at least 4 members (excludes halogenated alkanes) is 45. The van der Waals surface area contributed by atoms with Crippen molar-refractivity contribution >= 4 is 13.7 Å². The van der Waals surface area contributed by atoms with E-state index in [4.69, 9.17) is 9.05 Å². The topological polar surface area (TPSA) is 125 Å². The highest BCUT2D eigenvalue weighted by atomic mass is 31.2. The first-order valence-corrected chi connectivity index (χ1v) is 35.3. The van der Waals surface area contributed by atoms with Crippen molar-refractivity contribution in [2.75, 3.05) is 40.9 Å². The van der Waals surface area contributed by atoms with Crippen LogP contribution in [0, 0.1) is 0 Å². The van der Waals surface area contributed by atoms with Gasteiger partial charge < -0.3 is 24.9 Å². The van der Waals surface area contributed by atoms with Crippen molar-refractivity contribution in [3.05, 3.63) is 24.3 Å². The lowest BCUT2D eigenvalue weighted by Gasteiger charge is -2.28. The van der Waals surface area contributed by atoms with Gasteiger partial charge in [-0.2, -0.15) is 0 Å². The molecular formula is C67H134N2O7P+. The first-order chi connectivity index (χ1) is 37.4. The van der Waals surface area contributed by atoms with Gasteiger partial charge in [0.25, 0.3) is 0 Å². The van der Waals surface area contributed by atoms with Gasteiger partial charge in [-0.1, -0.05) is 295 Å². The van der Waals surface area contributed by atoms with E-state index in [9.17, 15) is 24.5 Å². The Bertz CT molecular complexity index is 1320. The van der Waals surface area contributed by atoms with Crippen LogP contribution in [0.5, 0.6) is 0 Å². The molecule has 0 aromatic carbocycles. The quantitative estimate of drug-likeness (QED) is 0.0207. The first-order valence-electron chi connectivity index (χ1n) is 33.8. The predicted octanol–water partition coefficient (Wildman–Crippen LogP) is 20.1. The summed E-state index contributed by atoms with van der Waals surface area (Å²) in [6.45, 7) is 4.61. The zero-order valence-electron chi connectivity index (χ0n) is 52.1. The van der Waals surface area contributed by atoms with Crippen LogP contribution in [0.1, 0.15) is 341 Å². The molecule has 0 aliphatic carbocycles. The van der Waals surface area contributed by atoms with Gasteiger partial charge in [-0.15, -0.1) is 0 Å². The van der Waals surface area contributed by atoms with Gasteiger partial charge in [-0.25, -0.2) is 4.57 Å². The molecule has 10 heteroatoms. The predicted molar refractivity (Wildman–Crippen MR) is 334 cm³/mol. The van der Waals surface area contributed by atoms with Gasteiger partial charge in [0.15, 0.2) is 0 Å². The monoisotopic (exact) mass is 1110 g/mol. The number of nitrogens with one attached hydrogen (secondary N) is 1. The molecule has 9 nitrogen and oxygen atoms in total. The summed E-state index contributed by atoms with van der Waals surface area (Å²) in [5, 5.41) is 24.8. The van der Waals surface area contributed by atoms with E-state index < -0.39 is 32.7 Å². The van der Waals surface area contributed by atoms with Gasteiger partial charge in [0.1, 0.15) is 19.3 Å². The number of carbonyl (C=O) groups excluding carboxylic acids is 1. The molecule has 77 heavy (non-hydrogen) atoms. The Balaban J connectivity index is 3.86. The highest BCUT2D eigenvalue weighted by Gasteiger charge is 2.32. The Hall–Kier alpha value is -1.06. The molecule has 0 bridgehead atoms. The van der Waals surface area contributed by atoms with E-state index in [2.05, 4.69) is 43.5 Å². The fourth-order valence-corrected chi connectivity index (χ4v) is 11.2. The number of phosphoric acid groups is 1. The maximum absolute atomic E-state index is 13.0. The number of hydrogen-bond acceptors (Lipinski definition) is 6. The van der Waals surface area contributed by atoms with Crippen molar-refractivity contribution in [2.24, 2.45) is 0 Å². The lowest BCUT2D eigenvalue weighted by Crippen LogP contribution is -2.51. The fourth-order valence-electron chi connectivity index (χ4n) is 10.4.